The molecule has 2 aliphatic heterocycles. The van der Waals surface area contributed by atoms with Crippen LogP contribution in [0, 0.1) is 0 Å². The molecule has 0 amide bonds. The van der Waals surface area contributed by atoms with E-state index in [-0.39, 0.29) is 0 Å². The van der Waals surface area contributed by atoms with Gasteiger partial charge < -0.3 is 4.90 Å². The fourth-order valence-electron chi connectivity index (χ4n) is 3.78. The molecule has 134 valence electrons. The molecular weight excluding hydrogens is 330 g/mol. The summed E-state index contributed by atoms with van der Waals surface area (Å²) in [5.41, 5.74) is 8.26. The van der Waals surface area contributed by atoms with Gasteiger partial charge >= 0.3 is 0 Å². The number of aromatic nitrogens is 1. The van der Waals surface area contributed by atoms with E-state index in [1.54, 1.807) is 0 Å². The molecule has 6 heteroatoms. The van der Waals surface area contributed by atoms with Gasteiger partial charge in [0.15, 0.2) is 5.13 Å². The number of hydrogen-bond donors (Lipinski definition) is 2. The van der Waals surface area contributed by atoms with Crippen LogP contribution in [0.3, 0.4) is 0 Å². The first-order valence-electron chi connectivity index (χ1n) is 9.22. The van der Waals surface area contributed by atoms with Gasteiger partial charge in [-0.15, -0.1) is 11.3 Å². The highest BCUT2D eigenvalue weighted by Crippen LogP contribution is 2.27. The highest BCUT2D eigenvalue weighted by molar-refractivity contribution is 7.15. The molecule has 2 N–H and O–H groups in total. The molecule has 1 aromatic carbocycles. The molecule has 0 aliphatic carbocycles. The molecule has 2 saturated heterocycles. The van der Waals surface area contributed by atoms with Crippen molar-refractivity contribution in [3.63, 3.8) is 0 Å². The lowest BCUT2D eigenvalue weighted by Crippen LogP contribution is -2.38. The van der Waals surface area contributed by atoms with Gasteiger partial charge in [0.2, 0.25) is 0 Å². The van der Waals surface area contributed by atoms with Crippen molar-refractivity contribution in [2.24, 2.45) is 0 Å². The number of nitrogens with one attached hydrogen (secondary N) is 2. The number of anilines is 1. The van der Waals surface area contributed by atoms with Gasteiger partial charge in [0.1, 0.15) is 0 Å². The van der Waals surface area contributed by atoms with Crippen LogP contribution in [0.15, 0.2) is 36.5 Å². The molecule has 0 saturated carbocycles. The number of thiazole rings is 1. The summed E-state index contributed by atoms with van der Waals surface area (Å²) in [6.45, 7) is 4.34. The average Bonchev–Trinajstić information content (AvgIpc) is 3.37. The normalized spacial score (nSPS) is 23.7. The molecule has 5 nitrogen and oxygen atoms in total. The number of likely N-dealkylation sites (N-methyl/N-ethyl adjacent to an activating group) is 1. The van der Waals surface area contributed by atoms with Crippen molar-refractivity contribution in [2.75, 3.05) is 31.6 Å². The highest BCUT2D eigenvalue weighted by atomic mass is 32.1. The first kappa shape index (κ1) is 17.0. The van der Waals surface area contributed by atoms with E-state index in [1.165, 1.54) is 41.5 Å². The molecule has 2 aromatic rings. The molecule has 2 unspecified atom stereocenters. The minimum atomic E-state index is 0.407. The Balaban J connectivity index is 1.27. The Morgan fingerprint density at radius 1 is 1.20 bits per heavy atom. The van der Waals surface area contributed by atoms with Crippen LogP contribution in [-0.2, 0) is 6.54 Å². The SMILES string of the molecule is CN(Cc1cnc(N2CCCC2)s1)CC1CC(c2ccccc2)NN1. The Morgan fingerprint density at radius 3 is 2.80 bits per heavy atom. The third-order valence-corrected chi connectivity index (χ3v) is 6.10. The Labute approximate surface area is 154 Å². The quantitative estimate of drug-likeness (QED) is 0.832. The first-order valence-corrected chi connectivity index (χ1v) is 10.0. The van der Waals surface area contributed by atoms with Gasteiger partial charge in [0, 0.05) is 49.3 Å². The Hall–Kier alpha value is -1.47. The van der Waals surface area contributed by atoms with E-state index >= 15 is 0 Å². The second-order valence-electron chi connectivity index (χ2n) is 7.18. The van der Waals surface area contributed by atoms with Crippen LogP contribution in [0.25, 0.3) is 0 Å². The van der Waals surface area contributed by atoms with Crippen LogP contribution in [-0.4, -0.2) is 42.6 Å². The van der Waals surface area contributed by atoms with E-state index in [1.807, 2.05) is 11.3 Å². The van der Waals surface area contributed by atoms with Gasteiger partial charge in [-0.1, -0.05) is 30.3 Å². The van der Waals surface area contributed by atoms with E-state index in [0.717, 1.165) is 19.5 Å². The zero-order chi connectivity index (χ0) is 17.1. The van der Waals surface area contributed by atoms with Crippen LogP contribution in [0.2, 0.25) is 0 Å². The zero-order valence-corrected chi connectivity index (χ0v) is 15.6. The molecule has 2 aliphatic rings. The van der Waals surface area contributed by atoms with Crippen molar-refractivity contribution in [1.29, 1.82) is 0 Å². The van der Waals surface area contributed by atoms with Crippen molar-refractivity contribution in [3.05, 3.63) is 47.0 Å². The number of benzene rings is 1. The summed E-state index contributed by atoms with van der Waals surface area (Å²) in [4.78, 5) is 10.8. The molecule has 0 spiro atoms. The summed E-state index contributed by atoms with van der Waals surface area (Å²) in [5.74, 6) is 0. The van der Waals surface area contributed by atoms with Crippen LogP contribution in [0.4, 0.5) is 5.13 Å². The van der Waals surface area contributed by atoms with Crippen LogP contribution in [0.5, 0.6) is 0 Å². The van der Waals surface area contributed by atoms with Gasteiger partial charge in [0.05, 0.1) is 0 Å². The lowest BCUT2D eigenvalue weighted by molar-refractivity contribution is 0.291. The van der Waals surface area contributed by atoms with Crippen LogP contribution < -0.4 is 15.8 Å². The maximum absolute atomic E-state index is 4.62. The van der Waals surface area contributed by atoms with E-state index in [0.29, 0.717) is 12.1 Å². The molecule has 2 fully saturated rings. The van der Waals surface area contributed by atoms with Crippen molar-refractivity contribution >= 4 is 16.5 Å². The topological polar surface area (TPSA) is 43.4 Å². The third-order valence-electron chi connectivity index (χ3n) is 5.06. The molecule has 25 heavy (non-hydrogen) atoms. The lowest BCUT2D eigenvalue weighted by atomic mass is 10.0. The van der Waals surface area contributed by atoms with E-state index in [2.05, 4.69) is 69.2 Å². The smallest absolute Gasteiger partial charge is 0.185 e. The van der Waals surface area contributed by atoms with E-state index in [4.69, 9.17) is 0 Å². The molecular formula is C19H27N5S. The second kappa shape index (κ2) is 7.83. The van der Waals surface area contributed by atoms with Crippen LogP contribution >= 0.6 is 11.3 Å². The molecule has 0 bridgehead atoms. The Morgan fingerprint density at radius 2 is 2.00 bits per heavy atom. The fourth-order valence-corrected chi connectivity index (χ4v) is 4.82. The van der Waals surface area contributed by atoms with Gasteiger partial charge in [-0.3, -0.25) is 10.3 Å². The van der Waals surface area contributed by atoms with Gasteiger partial charge in [-0.2, -0.15) is 0 Å². The fraction of sp³-hybridized carbons (Fsp3) is 0.526. The standard InChI is InChI=1S/C19H27N5S/c1-23(14-17-12-20-19(25-17)24-9-5-6-10-24)13-16-11-18(22-21-16)15-7-3-2-4-8-15/h2-4,7-8,12,16,18,21-22H,5-6,9-11,13-14H2,1H3. The summed E-state index contributed by atoms with van der Waals surface area (Å²) in [7, 11) is 2.20. The minimum absolute atomic E-state index is 0.407. The van der Waals surface area contributed by atoms with Crippen molar-refractivity contribution in [3.8, 4) is 0 Å². The molecule has 2 atom stereocenters. The van der Waals surface area contributed by atoms with Gasteiger partial charge in [-0.25, -0.2) is 10.4 Å². The molecule has 3 heterocycles. The zero-order valence-electron chi connectivity index (χ0n) is 14.8. The third kappa shape index (κ3) is 4.20. The predicted octanol–water partition coefficient (Wildman–Crippen LogP) is 2.78. The summed E-state index contributed by atoms with van der Waals surface area (Å²) in [6, 6.07) is 11.6. The monoisotopic (exact) mass is 357 g/mol. The average molecular weight is 358 g/mol. The molecule has 0 radical (unpaired) electrons. The number of nitrogens with zero attached hydrogens (tertiary/aromatic N) is 3. The first-order chi connectivity index (χ1) is 12.3. The molecule has 1 aromatic heterocycles. The summed E-state index contributed by atoms with van der Waals surface area (Å²) in [5, 5.41) is 1.20. The lowest BCUT2D eigenvalue weighted by Gasteiger charge is -2.19. The maximum Gasteiger partial charge on any atom is 0.185 e. The van der Waals surface area contributed by atoms with E-state index in [9.17, 15) is 0 Å². The van der Waals surface area contributed by atoms with Gasteiger partial charge in [-0.05, 0) is 31.9 Å². The van der Waals surface area contributed by atoms with Crippen LogP contribution in [0.1, 0.15) is 35.7 Å². The number of hydrogen-bond acceptors (Lipinski definition) is 6. The van der Waals surface area contributed by atoms with Crippen molar-refractivity contribution in [2.45, 2.75) is 37.9 Å². The Bertz CT molecular complexity index is 667. The predicted molar refractivity (Wildman–Crippen MR) is 104 cm³/mol. The van der Waals surface area contributed by atoms with Crippen molar-refractivity contribution in [1.82, 2.24) is 20.7 Å². The molecule has 4 rings (SSSR count). The second-order valence-corrected chi connectivity index (χ2v) is 8.28. The highest BCUT2D eigenvalue weighted by Gasteiger charge is 2.25. The number of hydrazine groups is 1. The summed E-state index contributed by atoms with van der Waals surface area (Å²) >= 11 is 1.85. The minimum Gasteiger partial charge on any atom is -0.348 e. The largest absolute Gasteiger partial charge is 0.348 e. The number of rotatable bonds is 6. The van der Waals surface area contributed by atoms with E-state index < -0.39 is 0 Å². The summed E-state index contributed by atoms with van der Waals surface area (Å²) in [6.07, 6.45) is 5.79. The van der Waals surface area contributed by atoms with Gasteiger partial charge in [0.25, 0.3) is 0 Å². The summed E-state index contributed by atoms with van der Waals surface area (Å²) < 4.78 is 0. The Kier molecular flexibility index (Phi) is 5.31. The maximum atomic E-state index is 4.62. The van der Waals surface area contributed by atoms with Crippen molar-refractivity contribution < 1.29 is 0 Å².